The van der Waals surface area contributed by atoms with Crippen LogP contribution in [0.1, 0.15) is 49.7 Å². The summed E-state index contributed by atoms with van der Waals surface area (Å²) in [5, 5.41) is 9.03. The van der Waals surface area contributed by atoms with Crippen LogP contribution in [-0.2, 0) is 9.59 Å². The molecule has 21 heavy (non-hydrogen) atoms. The van der Waals surface area contributed by atoms with E-state index in [1.54, 1.807) is 18.2 Å². The van der Waals surface area contributed by atoms with Crippen LogP contribution in [0.15, 0.2) is 18.2 Å². The molecule has 0 aromatic heterocycles. The summed E-state index contributed by atoms with van der Waals surface area (Å²) in [5.41, 5.74) is 1.42. The molecular formula is C17H18N2O2. The number of rotatable bonds is 1. The molecule has 0 atom stereocenters. The van der Waals surface area contributed by atoms with Gasteiger partial charge in [-0.25, -0.2) is 4.90 Å². The maximum Gasteiger partial charge on any atom is 0.240 e. The molecule has 1 aliphatic carbocycles. The molecule has 3 rings (SSSR count). The highest BCUT2D eigenvalue weighted by Gasteiger charge is 2.52. The predicted octanol–water partition coefficient (Wildman–Crippen LogP) is 3.08. The molecule has 1 aliphatic heterocycles. The van der Waals surface area contributed by atoms with Crippen molar-refractivity contribution in [2.24, 2.45) is 5.41 Å². The van der Waals surface area contributed by atoms with Gasteiger partial charge in [-0.1, -0.05) is 25.3 Å². The fourth-order valence-corrected chi connectivity index (χ4v) is 3.58. The number of amides is 2. The van der Waals surface area contributed by atoms with Crippen molar-refractivity contribution in [2.75, 3.05) is 4.90 Å². The molecule has 0 unspecified atom stereocenters. The lowest BCUT2D eigenvalue weighted by Crippen LogP contribution is -2.37. The molecule has 1 heterocycles. The van der Waals surface area contributed by atoms with Crippen LogP contribution in [0.25, 0.3) is 0 Å². The quantitative estimate of drug-likeness (QED) is 0.744. The van der Waals surface area contributed by atoms with Gasteiger partial charge >= 0.3 is 0 Å². The maximum absolute atomic E-state index is 12.9. The maximum atomic E-state index is 12.9. The Bertz CT molecular complexity index is 651. The fourth-order valence-electron chi connectivity index (χ4n) is 3.58. The zero-order valence-electron chi connectivity index (χ0n) is 12.2. The minimum atomic E-state index is -0.482. The topological polar surface area (TPSA) is 61.2 Å². The van der Waals surface area contributed by atoms with Crippen LogP contribution < -0.4 is 4.90 Å². The number of benzene rings is 1. The molecule has 1 aromatic rings. The van der Waals surface area contributed by atoms with Crippen LogP contribution in [0.2, 0.25) is 0 Å². The van der Waals surface area contributed by atoms with Gasteiger partial charge in [-0.3, -0.25) is 9.59 Å². The van der Waals surface area contributed by atoms with E-state index < -0.39 is 5.41 Å². The second-order valence-corrected chi connectivity index (χ2v) is 6.17. The SMILES string of the molecule is Cc1ccc(C#N)cc1N1C(=O)CC2(CCCCC2)C1=O. The van der Waals surface area contributed by atoms with Crippen molar-refractivity contribution >= 4 is 17.5 Å². The number of hydrogen-bond acceptors (Lipinski definition) is 3. The summed E-state index contributed by atoms with van der Waals surface area (Å²) in [6, 6.07) is 7.22. The van der Waals surface area contributed by atoms with E-state index in [0.717, 1.165) is 37.7 Å². The smallest absolute Gasteiger partial charge is 0.240 e. The molecule has 0 N–H and O–H groups in total. The molecule has 108 valence electrons. The van der Waals surface area contributed by atoms with Crippen molar-refractivity contribution in [3.63, 3.8) is 0 Å². The Morgan fingerprint density at radius 3 is 2.57 bits per heavy atom. The highest BCUT2D eigenvalue weighted by Crippen LogP contribution is 2.46. The van der Waals surface area contributed by atoms with Gasteiger partial charge in [0.1, 0.15) is 0 Å². The van der Waals surface area contributed by atoms with E-state index in [-0.39, 0.29) is 11.8 Å². The summed E-state index contributed by atoms with van der Waals surface area (Å²) in [7, 11) is 0. The third-order valence-corrected chi connectivity index (χ3v) is 4.79. The normalized spacial score (nSPS) is 20.9. The number of aryl methyl sites for hydroxylation is 1. The number of nitrogens with zero attached hydrogens (tertiary/aromatic N) is 2. The van der Waals surface area contributed by atoms with Crippen LogP contribution in [0, 0.1) is 23.7 Å². The number of nitriles is 1. The number of imide groups is 1. The number of hydrogen-bond donors (Lipinski definition) is 0. The summed E-state index contributed by atoms with van der Waals surface area (Å²) >= 11 is 0. The van der Waals surface area contributed by atoms with Gasteiger partial charge < -0.3 is 0 Å². The Morgan fingerprint density at radius 1 is 1.19 bits per heavy atom. The fraction of sp³-hybridized carbons (Fsp3) is 0.471. The van der Waals surface area contributed by atoms with E-state index >= 15 is 0 Å². The average Bonchev–Trinajstić information content (AvgIpc) is 2.72. The molecule has 2 amide bonds. The molecule has 4 heteroatoms. The molecule has 1 spiro atoms. The van der Waals surface area contributed by atoms with E-state index in [1.165, 1.54) is 4.90 Å². The van der Waals surface area contributed by atoms with Crippen LogP contribution in [0.5, 0.6) is 0 Å². The summed E-state index contributed by atoms with van der Waals surface area (Å²) in [5.74, 6) is -0.189. The minimum absolute atomic E-state index is 0.0645. The summed E-state index contributed by atoms with van der Waals surface area (Å²) < 4.78 is 0. The molecular weight excluding hydrogens is 264 g/mol. The van der Waals surface area contributed by atoms with Crippen molar-refractivity contribution in [3.05, 3.63) is 29.3 Å². The first-order valence-electron chi connectivity index (χ1n) is 7.45. The Balaban J connectivity index is 2.01. The first-order chi connectivity index (χ1) is 10.1. The van der Waals surface area contributed by atoms with Crippen LogP contribution in [0.4, 0.5) is 5.69 Å². The number of carbonyl (C=O) groups excluding carboxylic acids is 2. The molecule has 1 saturated carbocycles. The van der Waals surface area contributed by atoms with Crippen LogP contribution in [-0.4, -0.2) is 11.8 Å². The first-order valence-corrected chi connectivity index (χ1v) is 7.45. The van der Waals surface area contributed by atoms with Crippen molar-refractivity contribution in [3.8, 4) is 6.07 Å². The van der Waals surface area contributed by atoms with Gasteiger partial charge in [-0.2, -0.15) is 5.26 Å². The van der Waals surface area contributed by atoms with Gasteiger partial charge in [-0.05, 0) is 37.5 Å². The monoisotopic (exact) mass is 282 g/mol. The van der Waals surface area contributed by atoms with Crippen molar-refractivity contribution < 1.29 is 9.59 Å². The van der Waals surface area contributed by atoms with Gasteiger partial charge in [0.25, 0.3) is 0 Å². The molecule has 1 saturated heterocycles. The lowest BCUT2D eigenvalue weighted by Gasteiger charge is -2.30. The lowest BCUT2D eigenvalue weighted by atomic mass is 9.73. The van der Waals surface area contributed by atoms with Crippen LogP contribution >= 0.6 is 0 Å². The molecule has 2 aliphatic rings. The second kappa shape index (κ2) is 5.00. The molecule has 0 bridgehead atoms. The number of carbonyl (C=O) groups is 2. The summed E-state index contributed by atoms with van der Waals surface area (Å²) in [6.07, 6.45) is 5.12. The standard InChI is InChI=1S/C17H18N2O2/c1-12-5-6-13(11-18)9-14(12)19-15(20)10-17(16(19)21)7-3-2-4-8-17/h5-6,9H,2-4,7-8,10H2,1H3. The Labute approximate surface area is 124 Å². The summed E-state index contributed by atoms with van der Waals surface area (Å²) in [6.45, 7) is 1.86. The molecule has 1 aromatic carbocycles. The van der Waals surface area contributed by atoms with E-state index in [2.05, 4.69) is 6.07 Å². The molecule has 0 radical (unpaired) electrons. The highest BCUT2D eigenvalue weighted by molar-refractivity contribution is 6.23. The van der Waals surface area contributed by atoms with Gasteiger partial charge in [0.2, 0.25) is 11.8 Å². The average molecular weight is 282 g/mol. The Morgan fingerprint density at radius 2 is 1.90 bits per heavy atom. The zero-order chi connectivity index (χ0) is 15.0. The van der Waals surface area contributed by atoms with E-state index in [9.17, 15) is 9.59 Å². The zero-order valence-corrected chi connectivity index (χ0v) is 12.2. The minimum Gasteiger partial charge on any atom is -0.274 e. The van der Waals surface area contributed by atoms with E-state index in [4.69, 9.17) is 5.26 Å². The second-order valence-electron chi connectivity index (χ2n) is 6.17. The van der Waals surface area contributed by atoms with Crippen LogP contribution in [0.3, 0.4) is 0 Å². The van der Waals surface area contributed by atoms with Crippen molar-refractivity contribution in [1.82, 2.24) is 0 Å². The van der Waals surface area contributed by atoms with Gasteiger partial charge in [-0.15, -0.1) is 0 Å². The predicted molar refractivity (Wildman–Crippen MR) is 78.5 cm³/mol. The third-order valence-electron chi connectivity index (χ3n) is 4.79. The summed E-state index contributed by atoms with van der Waals surface area (Å²) in [4.78, 5) is 26.6. The molecule has 2 fully saturated rings. The lowest BCUT2D eigenvalue weighted by molar-refractivity contribution is -0.127. The van der Waals surface area contributed by atoms with Gasteiger partial charge in [0.05, 0.1) is 22.7 Å². The van der Waals surface area contributed by atoms with Crippen molar-refractivity contribution in [2.45, 2.75) is 45.4 Å². The van der Waals surface area contributed by atoms with Crippen molar-refractivity contribution in [1.29, 1.82) is 5.26 Å². The first kappa shape index (κ1) is 13.8. The van der Waals surface area contributed by atoms with Gasteiger partial charge in [0.15, 0.2) is 0 Å². The largest absolute Gasteiger partial charge is 0.274 e. The third kappa shape index (κ3) is 2.13. The van der Waals surface area contributed by atoms with E-state index in [0.29, 0.717) is 17.7 Å². The highest BCUT2D eigenvalue weighted by atomic mass is 16.2. The van der Waals surface area contributed by atoms with E-state index in [1.807, 2.05) is 6.92 Å². The molecule has 4 nitrogen and oxygen atoms in total. The van der Waals surface area contributed by atoms with Gasteiger partial charge in [0, 0.05) is 6.42 Å². The Hall–Kier alpha value is -2.15. The Kier molecular flexibility index (Phi) is 3.29. The number of anilines is 1.